The summed E-state index contributed by atoms with van der Waals surface area (Å²) in [6.07, 6.45) is 3.96. The number of aromatic nitrogens is 1. The summed E-state index contributed by atoms with van der Waals surface area (Å²) in [5, 5.41) is 11.6. The zero-order valence-electron chi connectivity index (χ0n) is 13.3. The summed E-state index contributed by atoms with van der Waals surface area (Å²) < 4.78 is 5.17. The molecule has 3 rings (SSSR count). The van der Waals surface area contributed by atoms with E-state index in [-0.39, 0.29) is 29.6 Å². The minimum absolute atomic E-state index is 0.00529. The number of carboxylic acid groups (broad SMARTS) is 1. The van der Waals surface area contributed by atoms with Gasteiger partial charge in [-0.05, 0) is 37.1 Å². The lowest BCUT2D eigenvalue weighted by Crippen LogP contribution is -2.45. The van der Waals surface area contributed by atoms with Crippen molar-refractivity contribution in [3.05, 3.63) is 53.7 Å². The second-order valence-corrected chi connectivity index (χ2v) is 5.69. The number of nitrogens with zero attached hydrogens (tertiary/aromatic N) is 2. The fourth-order valence-corrected chi connectivity index (χ4v) is 2.78. The zero-order chi connectivity index (χ0) is 17.8. The average Bonchev–Trinajstić information content (AvgIpc) is 3.30. The monoisotopic (exact) mass is 343 g/mol. The smallest absolute Gasteiger partial charge is 0.337 e. The molecule has 8 nitrogen and oxygen atoms in total. The van der Waals surface area contributed by atoms with Crippen LogP contribution >= 0.6 is 0 Å². The van der Waals surface area contributed by atoms with Crippen LogP contribution in [0.2, 0.25) is 0 Å². The van der Waals surface area contributed by atoms with E-state index in [0.717, 1.165) is 12.6 Å². The molecule has 3 heterocycles. The Morgan fingerprint density at radius 1 is 1.32 bits per heavy atom. The van der Waals surface area contributed by atoms with Gasteiger partial charge < -0.3 is 19.7 Å². The molecule has 130 valence electrons. The van der Waals surface area contributed by atoms with Crippen molar-refractivity contribution < 1.29 is 23.9 Å². The second kappa shape index (κ2) is 7.16. The van der Waals surface area contributed by atoms with Crippen LogP contribution in [-0.2, 0) is 11.3 Å². The number of carbonyl (C=O) groups is 3. The molecule has 0 radical (unpaired) electrons. The Labute approximate surface area is 143 Å². The molecule has 25 heavy (non-hydrogen) atoms. The number of carboxylic acids is 1. The van der Waals surface area contributed by atoms with Gasteiger partial charge in [-0.15, -0.1) is 0 Å². The number of hydrogen-bond donors (Lipinski definition) is 2. The van der Waals surface area contributed by atoms with Gasteiger partial charge in [0.2, 0.25) is 5.91 Å². The Morgan fingerprint density at radius 2 is 2.16 bits per heavy atom. The largest absolute Gasteiger partial charge is 0.478 e. The maximum Gasteiger partial charge on any atom is 0.337 e. The van der Waals surface area contributed by atoms with E-state index in [4.69, 9.17) is 9.52 Å². The first-order valence-corrected chi connectivity index (χ1v) is 7.86. The van der Waals surface area contributed by atoms with Gasteiger partial charge in [0.25, 0.3) is 5.91 Å². The molecular weight excluding hydrogens is 326 g/mol. The summed E-state index contributed by atoms with van der Waals surface area (Å²) in [7, 11) is 0. The molecule has 2 aromatic heterocycles. The summed E-state index contributed by atoms with van der Waals surface area (Å²) >= 11 is 0. The third kappa shape index (κ3) is 3.68. The summed E-state index contributed by atoms with van der Waals surface area (Å²) in [6, 6.07) is 5.61. The van der Waals surface area contributed by atoms with Gasteiger partial charge in [0, 0.05) is 12.7 Å². The van der Waals surface area contributed by atoms with Crippen LogP contribution < -0.4 is 5.32 Å². The van der Waals surface area contributed by atoms with E-state index < -0.39 is 12.0 Å². The number of pyridine rings is 1. The van der Waals surface area contributed by atoms with Crippen molar-refractivity contribution in [2.24, 2.45) is 0 Å². The van der Waals surface area contributed by atoms with Crippen molar-refractivity contribution >= 4 is 17.8 Å². The molecule has 0 saturated carbocycles. The molecule has 2 amide bonds. The van der Waals surface area contributed by atoms with E-state index in [1.165, 1.54) is 23.3 Å². The average molecular weight is 343 g/mol. The lowest BCUT2D eigenvalue weighted by molar-refractivity contribution is -0.125. The summed E-state index contributed by atoms with van der Waals surface area (Å²) in [6.45, 7) is 0.718. The topological polar surface area (TPSA) is 113 Å². The fraction of sp³-hybridized carbons (Fsp3) is 0.294. The predicted octanol–water partition coefficient (Wildman–Crippen LogP) is 1.29. The van der Waals surface area contributed by atoms with E-state index in [9.17, 15) is 14.4 Å². The number of furan rings is 1. The Hall–Kier alpha value is -3.16. The second-order valence-electron chi connectivity index (χ2n) is 5.69. The van der Waals surface area contributed by atoms with E-state index in [2.05, 4.69) is 10.3 Å². The highest BCUT2D eigenvalue weighted by atomic mass is 16.4. The standard InChI is InChI=1S/C17H17N3O5/c21-15(19-10-12-3-2-8-25-12)14-4-1-7-20(14)16(22)13-6-5-11(9-18-13)17(23)24/h2-3,5-6,8-9,14H,1,4,7,10H2,(H,19,21)(H,23,24). The summed E-state index contributed by atoms with van der Waals surface area (Å²) in [5.74, 6) is -1.10. The number of aromatic carboxylic acids is 1. The Balaban J connectivity index is 1.66. The molecule has 0 spiro atoms. The first-order chi connectivity index (χ1) is 12.1. The Bertz CT molecular complexity index is 770. The van der Waals surface area contributed by atoms with E-state index in [0.29, 0.717) is 18.7 Å². The highest BCUT2D eigenvalue weighted by molar-refractivity contribution is 5.97. The van der Waals surface area contributed by atoms with Crippen LogP contribution in [0.4, 0.5) is 0 Å². The third-order valence-electron chi connectivity index (χ3n) is 4.06. The van der Waals surface area contributed by atoms with E-state index in [1.807, 2.05) is 0 Å². The number of carbonyl (C=O) groups excluding carboxylic acids is 2. The highest BCUT2D eigenvalue weighted by Gasteiger charge is 2.35. The SMILES string of the molecule is O=C(O)c1ccc(C(=O)N2CCCC2C(=O)NCc2ccco2)nc1. The predicted molar refractivity (Wildman–Crippen MR) is 85.8 cm³/mol. The van der Waals surface area contributed by atoms with Gasteiger partial charge in [-0.2, -0.15) is 0 Å². The maximum absolute atomic E-state index is 12.6. The van der Waals surface area contributed by atoms with Crippen LogP contribution in [0.5, 0.6) is 0 Å². The lowest BCUT2D eigenvalue weighted by Gasteiger charge is -2.23. The zero-order valence-corrected chi connectivity index (χ0v) is 13.3. The molecule has 1 atom stereocenters. The van der Waals surface area contributed by atoms with Crippen molar-refractivity contribution in [3.63, 3.8) is 0 Å². The van der Waals surface area contributed by atoms with E-state index >= 15 is 0 Å². The molecule has 2 aromatic rings. The number of hydrogen-bond acceptors (Lipinski definition) is 5. The molecule has 1 aliphatic rings. The minimum atomic E-state index is -1.11. The molecule has 1 aliphatic heterocycles. The number of rotatable bonds is 5. The van der Waals surface area contributed by atoms with Gasteiger partial charge in [0.1, 0.15) is 17.5 Å². The van der Waals surface area contributed by atoms with Crippen molar-refractivity contribution in [2.75, 3.05) is 6.54 Å². The lowest BCUT2D eigenvalue weighted by atomic mass is 10.2. The molecule has 2 N–H and O–H groups in total. The normalized spacial score (nSPS) is 16.6. The van der Waals surface area contributed by atoms with Crippen molar-refractivity contribution in [1.29, 1.82) is 0 Å². The minimum Gasteiger partial charge on any atom is -0.478 e. The number of likely N-dealkylation sites (tertiary alicyclic amines) is 1. The van der Waals surface area contributed by atoms with Crippen LogP contribution in [0.3, 0.4) is 0 Å². The molecule has 8 heteroatoms. The van der Waals surface area contributed by atoms with E-state index in [1.54, 1.807) is 12.1 Å². The fourth-order valence-electron chi connectivity index (χ4n) is 2.78. The van der Waals surface area contributed by atoms with Crippen LogP contribution in [0.25, 0.3) is 0 Å². The molecule has 1 saturated heterocycles. The Kier molecular flexibility index (Phi) is 4.78. The van der Waals surface area contributed by atoms with Gasteiger partial charge in [-0.1, -0.05) is 0 Å². The first-order valence-electron chi connectivity index (χ1n) is 7.86. The van der Waals surface area contributed by atoms with Crippen molar-refractivity contribution in [2.45, 2.75) is 25.4 Å². The molecular formula is C17H17N3O5. The van der Waals surface area contributed by atoms with Gasteiger partial charge in [-0.25, -0.2) is 4.79 Å². The third-order valence-corrected chi connectivity index (χ3v) is 4.06. The van der Waals surface area contributed by atoms with Crippen molar-refractivity contribution in [1.82, 2.24) is 15.2 Å². The van der Waals surface area contributed by atoms with Crippen LogP contribution in [0.1, 0.15) is 39.4 Å². The van der Waals surface area contributed by atoms with Gasteiger partial charge in [0.05, 0.1) is 18.4 Å². The van der Waals surface area contributed by atoms with Gasteiger partial charge >= 0.3 is 5.97 Å². The van der Waals surface area contributed by atoms with Crippen LogP contribution in [0.15, 0.2) is 41.1 Å². The first kappa shape index (κ1) is 16.7. The molecule has 1 fully saturated rings. The molecule has 0 aliphatic carbocycles. The van der Waals surface area contributed by atoms with Gasteiger partial charge in [0.15, 0.2) is 0 Å². The molecule has 0 aromatic carbocycles. The Morgan fingerprint density at radius 3 is 2.80 bits per heavy atom. The highest BCUT2D eigenvalue weighted by Crippen LogP contribution is 2.20. The van der Waals surface area contributed by atoms with Gasteiger partial charge in [-0.3, -0.25) is 14.6 Å². The summed E-state index contributed by atoms with van der Waals surface area (Å²) in [5.41, 5.74) is 0.126. The quantitative estimate of drug-likeness (QED) is 0.846. The molecule has 0 bridgehead atoms. The maximum atomic E-state index is 12.6. The summed E-state index contributed by atoms with van der Waals surface area (Å²) in [4.78, 5) is 41.2. The van der Waals surface area contributed by atoms with Crippen LogP contribution in [-0.4, -0.2) is 45.4 Å². The van der Waals surface area contributed by atoms with Crippen LogP contribution in [0, 0.1) is 0 Å². The van der Waals surface area contributed by atoms with Crippen molar-refractivity contribution in [3.8, 4) is 0 Å². The molecule has 1 unspecified atom stereocenters. The number of amides is 2. The number of nitrogens with one attached hydrogen (secondary N) is 1.